The van der Waals surface area contributed by atoms with E-state index < -0.39 is 11.4 Å². The van der Waals surface area contributed by atoms with Crippen molar-refractivity contribution in [3.63, 3.8) is 0 Å². The van der Waals surface area contributed by atoms with E-state index in [0.717, 1.165) is 43.1 Å². The van der Waals surface area contributed by atoms with Crippen molar-refractivity contribution in [2.75, 3.05) is 30.3 Å². The van der Waals surface area contributed by atoms with E-state index in [9.17, 15) is 14.0 Å². The zero-order chi connectivity index (χ0) is 26.6. The third kappa shape index (κ3) is 6.96. The predicted molar refractivity (Wildman–Crippen MR) is 140 cm³/mol. The SMILES string of the molecule is C=CC(=O)N1CCCC(Nc2nc(Nc3ccc4c(c3)CN(C(=O)OC(C)(C)C)CCC4)ncc2F)C1. The molecule has 2 aromatic rings. The Kier molecular flexibility index (Phi) is 7.94. The fraction of sp³-hybridized carbons (Fsp3) is 0.481. The van der Waals surface area contributed by atoms with Crippen LogP contribution in [0.3, 0.4) is 0 Å². The number of nitrogens with zero attached hydrogens (tertiary/aromatic N) is 4. The van der Waals surface area contributed by atoms with Crippen molar-refractivity contribution >= 4 is 29.5 Å². The molecule has 1 fully saturated rings. The first-order valence-corrected chi connectivity index (χ1v) is 12.7. The number of carbonyl (C=O) groups is 2. The van der Waals surface area contributed by atoms with Crippen molar-refractivity contribution in [3.05, 3.63) is 54.0 Å². The number of halogens is 1. The fourth-order valence-corrected chi connectivity index (χ4v) is 4.60. The summed E-state index contributed by atoms with van der Waals surface area (Å²) < 4.78 is 20.1. The van der Waals surface area contributed by atoms with Crippen molar-refractivity contribution in [2.24, 2.45) is 0 Å². The molecular formula is C27H35FN6O3. The van der Waals surface area contributed by atoms with Crippen LogP contribution in [0.25, 0.3) is 0 Å². The summed E-state index contributed by atoms with van der Waals surface area (Å²) in [6.45, 7) is 11.3. The van der Waals surface area contributed by atoms with E-state index in [1.165, 1.54) is 11.6 Å². The Labute approximate surface area is 217 Å². The number of amides is 2. The third-order valence-electron chi connectivity index (χ3n) is 6.34. The van der Waals surface area contributed by atoms with E-state index in [0.29, 0.717) is 26.2 Å². The van der Waals surface area contributed by atoms with Gasteiger partial charge < -0.3 is 25.2 Å². The molecule has 1 aromatic heterocycles. The van der Waals surface area contributed by atoms with E-state index in [4.69, 9.17) is 4.74 Å². The number of anilines is 3. The molecule has 0 aliphatic carbocycles. The van der Waals surface area contributed by atoms with Crippen molar-refractivity contribution in [2.45, 2.75) is 64.6 Å². The summed E-state index contributed by atoms with van der Waals surface area (Å²) in [6, 6.07) is 5.81. The van der Waals surface area contributed by atoms with Gasteiger partial charge in [0.15, 0.2) is 11.6 Å². The van der Waals surface area contributed by atoms with Crippen LogP contribution in [0.2, 0.25) is 0 Å². The Morgan fingerprint density at radius 2 is 1.97 bits per heavy atom. The highest BCUT2D eigenvalue weighted by atomic mass is 19.1. The Morgan fingerprint density at radius 1 is 1.19 bits per heavy atom. The number of hydrogen-bond acceptors (Lipinski definition) is 7. The molecule has 2 N–H and O–H groups in total. The van der Waals surface area contributed by atoms with Crippen molar-refractivity contribution < 1.29 is 18.7 Å². The molecule has 1 saturated heterocycles. The number of benzene rings is 1. The second-order valence-corrected chi connectivity index (χ2v) is 10.5. The van der Waals surface area contributed by atoms with Crippen LogP contribution < -0.4 is 10.6 Å². The fourth-order valence-electron chi connectivity index (χ4n) is 4.60. The molecule has 198 valence electrons. The lowest BCUT2D eigenvalue weighted by Gasteiger charge is -2.32. The maximum absolute atomic E-state index is 14.5. The van der Waals surface area contributed by atoms with Gasteiger partial charge in [-0.05, 0) is 75.8 Å². The van der Waals surface area contributed by atoms with E-state index in [1.807, 2.05) is 39.0 Å². The van der Waals surface area contributed by atoms with Crippen LogP contribution in [-0.4, -0.2) is 63.0 Å². The highest BCUT2D eigenvalue weighted by molar-refractivity contribution is 5.87. The van der Waals surface area contributed by atoms with Gasteiger partial charge in [-0.3, -0.25) is 4.79 Å². The van der Waals surface area contributed by atoms with Gasteiger partial charge in [-0.15, -0.1) is 0 Å². The molecule has 1 aromatic carbocycles. The smallest absolute Gasteiger partial charge is 0.410 e. The van der Waals surface area contributed by atoms with Crippen LogP contribution in [0.15, 0.2) is 37.1 Å². The van der Waals surface area contributed by atoms with Crippen molar-refractivity contribution in [1.82, 2.24) is 19.8 Å². The quantitative estimate of drug-likeness (QED) is 0.566. The maximum Gasteiger partial charge on any atom is 0.410 e. The number of ether oxygens (including phenoxy) is 1. The lowest BCUT2D eigenvalue weighted by atomic mass is 10.0. The number of carbonyl (C=O) groups excluding carboxylic acids is 2. The van der Waals surface area contributed by atoms with Crippen LogP contribution in [-0.2, 0) is 22.5 Å². The van der Waals surface area contributed by atoms with Crippen LogP contribution in [0.1, 0.15) is 51.2 Å². The van der Waals surface area contributed by atoms with Gasteiger partial charge >= 0.3 is 6.09 Å². The average Bonchev–Trinajstić information content (AvgIpc) is 3.07. The number of aryl methyl sites for hydroxylation is 1. The highest BCUT2D eigenvalue weighted by Crippen LogP contribution is 2.26. The van der Waals surface area contributed by atoms with Gasteiger partial charge in [0.05, 0.1) is 6.20 Å². The minimum atomic E-state index is -0.562. The molecule has 0 bridgehead atoms. The molecule has 0 radical (unpaired) electrons. The van der Waals surface area contributed by atoms with Crippen molar-refractivity contribution in [1.29, 1.82) is 0 Å². The topological polar surface area (TPSA) is 99.7 Å². The van der Waals surface area contributed by atoms with Gasteiger partial charge in [-0.2, -0.15) is 4.98 Å². The maximum atomic E-state index is 14.5. The average molecular weight is 511 g/mol. The largest absolute Gasteiger partial charge is 0.444 e. The molecule has 2 aliphatic heterocycles. The summed E-state index contributed by atoms with van der Waals surface area (Å²) in [5.41, 5.74) is 2.37. The molecule has 2 amide bonds. The molecule has 2 aliphatic rings. The standard InChI is InChI=1S/C27H35FN6O3/c1-5-23(35)33-12-7-9-21(17-33)30-24-22(28)15-29-25(32-24)31-20-11-10-18-8-6-13-34(16-19(18)14-20)26(36)37-27(2,3)4/h5,10-11,14-15,21H,1,6-9,12-13,16-17H2,2-4H3,(H2,29,30,31,32). The summed E-state index contributed by atoms with van der Waals surface area (Å²) in [7, 11) is 0. The summed E-state index contributed by atoms with van der Waals surface area (Å²) >= 11 is 0. The first-order chi connectivity index (χ1) is 17.6. The molecule has 0 spiro atoms. The van der Waals surface area contributed by atoms with Crippen LogP contribution in [0, 0.1) is 5.82 Å². The number of rotatable bonds is 5. The van der Waals surface area contributed by atoms with Gasteiger partial charge in [-0.25, -0.2) is 14.2 Å². The molecule has 3 heterocycles. The van der Waals surface area contributed by atoms with Gasteiger partial charge in [0.1, 0.15) is 5.60 Å². The Hall–Kier alpha value is -3.69. The van der Waals surface area contributed by atoms with E-state index in [-0.39, 0.29) is 29.8 Å². The highest BCUT2D eigenvalue weighted by Gasteiger charge is 2.25. The molecule has 1 unspecified atom stereocenters. The predicted octanol–water partition coefficient (Wildman–Crippen LogP) is 4.63. The molecule has 0 saturated carbocycles. The van der Waals surface area contributed by atoms with Crippen LogP contribution in [0.4, 0.5) is 26.6 Å². The normalized spacial score (nSPS) is 17.9. The second-order valence-electron chi connectivity index (χ2n) is 10.5. The van der Waals surface area contributed by atoms with E-state index in [1.54, 1.807) is 9.80 Å². The minimum absolute atomic E-state index is 0.0845. The zero-order valence-corrected chi connectivity index (χ0v) is 21.7. The summed E-state index contributed by atoms with van der Waals surface area (Å²) in [5, 5.41) is 6.28. The van der Waals surface area contributed by atoms with E-state index in [2.05, 4.69) is 27.2 Å². The molecule has 4 rings (SSSR count). The van der Waals surface area contributed by atoms with Crippen LogP contribution in [0.5, 0.6) is 0 Å². The van der Waals surface area contributed by atoms with Gasteiger partial charge in [0, 0.05) is 37.9 Å². The minimum Gasteiger partial charge on any atom is -0.444 e. The molecule has 1 atom stereocenters. The second kappa shape index (κ2) is 11.1. The third-order valence-corrected chi connectivity index (χ3v) is 6.34. The zero-order valence-electron chi connectivity index (χ0n) is 21.7. The van der Waals surface area contributed by atoms with Gasteiger partial charge in [-0.1, -0.05) is 12.6 Å². The number of piperidine rings is 1. The van der Waals surface area contributed by atoms with Crippen LogP contribution >= 0.6 is 0 Å². The summed E-state index contributed by atoms with van der Waals surface area (Å²) in [5.74, 6) is -0.365. The lowest BCUT2D eigenvalue weighted by Crippen LogP contribution is -2.44. The Bertz CT molecular complexity index is 1170. The summed E-state index contributed by atoms with van der Waals surface area (Å²) in [6.07, 6.45) is 5.42. The molecular weight excluding hydrogens is 475 g/mol. The summed E-state index contributed by atoms with van der Waals surface area (Å²) in [4.78, 5) is 36.5. The molecule has 37 heavy (non-hydrogen) atoms. The number of fused-ring (bicyclic) bond motifs is 1. The number of nitrogens with one attached hydrogen (secondary N) is 2. The lowest BCUT2D eigenvalue weighted by molar-refractivity contribution is -0.127. The van der Waals surface area contributed by atoms with Gasteiger partial charge in [0.25, 0.3) is 0 Å². The number of likely N-dealkylation sites (tertiary alicyclic amines) is 1. The monoisotopic (exact) mass is 510 g/mol. The molecule has 10 heteroatoms. The van der Waals surface area contributed by atoms with E-state index >= 15 is 0 Å². The first kappa shape index (κ1) is 26.4. The number of hydrogen-bond donors (Lipinski definition) is 2. The first-order valence-electron chi connectivity index (χ1n) is 12.7. The molecule has 9 nitrogen and oxygen atoms in total. The Morgan fingerprint density at radius 3 is 2.73 bits per heavy atom. The van der Waals surface area contributed by atoms with Crippen molar-refractivity contribution in [3.8, 4) is 0 Å². The number of aromatic nitrogens is 2. The van der Waals surface area contributed by atoms with Gasteiger partial charge in [0.2, 0.25) is 11.9 Å². The Balaban J connectivity index is 1.46.